The van der Waals surface area contributed by atoms with Crippen molar-refractivity contribution in [2.45, 2.75) is 32.2 Å². The molecular weight excluding hydrogens is 206 g/mol. The second-order valence-corrected chi connectivity index (χ2v) is 5.60. The van der Waals surface area contributed by atoms with Crippen LogP contribution in [-0.2, 0) is 4.74 Å². The third-order valence-electron chi connectivity index (χ3n) is 3.88. The van der Waals surface area contributed by atoms with Crippen LogP contribution in [-0.4, -0.2) is 60.7 Å². The van der Waals surface area contributed by atoms with E-state index in [0.29, 0.717) is 0 Å². The van der Waals surface area contributed by atoms with Crippen molar-refractivity contribution in [1.29, 1.82) is 0 Å². The molecule has 1 aliphatic heterocycles. The summed E-state index contributed by atoms with van der Waals surface area (Å²) in [4.78, 5) is 2.13. The fourth-order valence-electron chi connectivity index (χ4n) is 2.01. The highest BCUT2D eigenvalue weighted by Crippen LogP contribution is 2.32. The molecule has 1 heterocycles. The Bertz CT molecular complexity index is 212. The molecule has 4 nitrogen and oxygen atoms in total. The van der Waals surface area contributed by atoms with Crippen LogP contribution in [0.1, 0.15) is 26.7 Å². The van der Waals surface area contributed by atoms with E-state index >= 15 is 0 Å². The minimum atomic E-state index is -0.236. The van der Waals surface area contributed by atoms with Crippen molar-refractivity contribution in [1.82, 2.24) is 4.90 Å². The highest BCUT2D eigenvalue weighted by Gasteiger charge is 2.36. The summed E-state index contributed by atoms with van der Waals surface area (Å²) in [5.41, 5.74) is -0.292. The largest absolute Gasteiger partial charge is 0.396 e. The maximum absolute atomic E-state index is 9.58. The van der Waals surface area contributed by atoms with Crippen LogP contribution in [0.2, 0.25) is 0 Å². The van der Waals surface area contributed by atoms with E-state index in [-0.39, 0.29) is 24.2 Å². The molecule has 96 valence electrons. The van der Waals surface area contributed by atoms with E-state index in [1.807, 2.05) is 20.9 Å². The predicted molar refractivity (Wildman–Crippen MR) is 63.4 cm³/mol. The Kier molecular flexibility index (Phi) is 4.73. The standard InChI is InChI=1S/C12H25NO3/c1-11(2,9-14)13(3)8-12(10-15)4-6-16-7-5-12/h14-15H,4-10H2,1-3H3. The van der Waals surface area contributed by atoms with Gasteiger partial charge in [0.15, 0.2) is 0 Å². The van der Waals surface area contributed by atoms with Gasteiger partial charge < -0.3 is 14.9 Å². The van der Waals surface area contributed by atoms with Crippen LogP contribution in [0.15, 0.2) is 0 Å². The Morgan fingerprint density at radius 1 is 1.25 bits per heavy atom. The summed E-state index contributed by atoms with van der Waals surface area (Å²) in [7, 11) is 2.00. The maximum atomic E-state index is 9.58. The van der Waals surface area contributed by atoms with Gasteiger partial charge in [-0.15, -0.1) is 0 Å². The van der Waals surface area contributed by atoms with Crippen molar-refractivity contribution in [3.8, 4) is 0 Å². The first-order valence-corrected chi connectivity index (χ1v) is 5.96. The molecule has 0 aromatic heterocycles. The number of aliphatic hydroxyl groups is 2. The van der Waals surface area contributed by atoms with Gasteiger partial charge in [0.25, 0.3) is 0 Å². The lowest BCUT2D eigenvalue weighted by Gasteiger charge is -2.43. The highest BCUT2D eigenvalue weighted by molar-refractivity contribution is 4.88. The van der Waals surface area contributed by atoms with Gasteiger partial charge in [-0.2, -0.15) is 0 Å². The second-order valence-electron chi connectivity index (χ2n) is 5.60. The smallest absolute Gasteiger partial charge is 0.0609 e. The molecule has 0 aromatic rings. The number of ether oxygens (including phenoxy) is 1. The fraction of sp³-hybridized carbons (Fsp3) is 1.00. The molecule has 2 N–H and O–H groups in total. The molecule has 0 radical (unpaired) electrons. The van der Waals surface area contributed by atoms with Crippen molar-refractivity contribution in [3.05, 3.63) is 0 Å². The van der Waals surface area contributed by atoms with Crippen LogP contribution in [0, 0.1) is 5.41 Å². The van der Waals surface area contributed by atoms with Crippen LogP contribution >= 0.6 is 0 Å². The Hall–Kier alpha value is -0.160. The molecule has 1 fully saturated rings. The molecule has 0 atom stereocenters. The van der Waals surface area contributed by atoms with Crippen LogP contribution in [0.25, 0.3) is 0 Å². The molecule has 4 heteroatoms. The van der Waals surface area contributed by atoms with Gasteiger partial charge in [-0.1, -0.05) is 0 Å². The summed E-state index contributed by atoms with van der Waals surface area (Å²) < 4.78 is 5.34. The van der Waals surface area contributed by atoms with Gasteiger partial charge >= 0.3 is 0 Å². The van der Waals surface area contributed by atoms with Gasteiger partial charge in [0.05, 0.1) is 13.2 Å². The molecular formula is C12H25NO3. The van der Waals surface area contributed by atoms with Gasteiger partial charge in [-0.3, -0.25) is 4.90 Å². The highest BCUT2D eigenvalue weighted by atomic mass is 16.5. The normalized spacial score (nSPS) is 21.4. The number of hydrogen-bond donors (Lipinski definition) is 2. The Morgan fingerprint density at radius 2 is 1.81 bits per heavy atom. The molecule has 0 spiro atoms. The molecule has 0 bridgehead atoms. The molecule has 0 unspecified atom stereocenters. The van der Waals surface area contributed by atoms with Gasteiger partial charge in [0, 0.05) is 30.7 Å². The Labute approximate surface area is 98.2 Å². The van der Waals surface area contributed by atoms with E-state index in [2.05, 4.69) is 4.90 Å². The van der Waals surface area contributed by atoms with Crippen LogP contribution in [0.4, 0.5) is 0 Å². The molecule has 1 rings (SSSR count). The van der Waals surface area contributed by atoms with Crippen molar-refractivity contribution in [2.75, 3.05) is 40.0 Å². The predicted octanol–water partition coefficient (Wildman–Crippen LogP) is 0.478. The van der Waals surface area contributed by atoms with Gasteiger partial charge in [-0.05, 0) is 33.7 Å². The molecule has 0 aromatic carbocycles. The first-order chi connectivity index (χ1) is 7.46. The average molecular weight is 231 g/mol. The van der Waals surface area contributed by atoms with E-state index in [1.165, 1.54) is 0 Å². The molecule has 0 saturated carbocycles. The van der Waals surface area contributed by atoms with E-state index in [4.69, 9.17) is 4.74 Å². The van der Waals surface area contributed by atoms with Crippen LogP contribution in [0.3, 0.4) is 0 Å². The summed E-state index contributed by atoms with van der Waals surface area (Å²) in [6.07, 6.45) is 1.80. The third kappa shape index (κ3) is 3.17. The number of nitrogens with zero attached hydrogens (tertiary/aromatic N) is 1. The zero-order valence-electron chi connectivity index (χ0n) is 10.7. The number of aliphatic hydroxyl groups excluding tert-OH is 2. The molecule has 0 aliphatic carbocycles. The molecule has 16 heavy (non-hydrogen) atoms. The monoisotopic (exact) mass is 231 g/mol. The lowest BCUT2D eigenvalue weighted by molar-refractivity contribution is -0.0505. The lowest BCUT2D eigenvalue weighted by Crippen LogP contribution is -2.51. The van der Waals surface area contributed by atoms with Crippen molar-refractivity contribution in [3.63, 3.8) is 0 Å². The zero-order chi connectivity index (χ0) is 12.2. The van der Waals surface area contributed by atoms with Gasteiger partial charge in [0.2, 0.25) is 0 Å². The van der Waals surface area contributed by atoms with Crippen molar-refractivity contribution >= 4 is 0 Å². The summed E-state index contributed by atoms with van der Waals surface area (Å²) in [5, 5.41) is 18.9. The molecule has 0 amide bonds. The van der Waals surface area contributed by atoms with E-state index in [0.717, 1.165) is 32.6 Å². The van der Waals surface area contributed by atoms with Gasteiger partial charge in [-0.25, -0.2) is 0 Å². The summed E-state index contributed by atoms with van der Waals surface area (Å²) in [6, 6.07) is 0. The molecule has 1 saturated heterocycles. The van der Waals surface area contributed by atoms with Gasteiger partial charge in [0.1, 0.15) is 0 Å². The van der Waals surface area contributed by atoms with E-state index < -0.39 is 0 Å². The second kappa shape index (κ2) is 5.45. The van der Waals surface area contributed by atoms with Crippen molar-refractivity contribution < 1.29 is 14.9 Å². The Morgan fingerprint density at radius 3 is 2.25 bits per heavy atom. The third-order valence-corrected chi connectivity index (χ3v) is 3.88. The first-order valence-electron chi connectivity index (χ1n) is 5.96. The maximum Gasteiger partial charge on any atom is 0.0609 e. The quantitative estimate of drug-likeness (QED) is 0.722. The fourth-order valence-corrected chi connectivity index (χ4v) is 2.01. The average Bonchev–Trinajstić information content (AvgIpc) is 2.30. The summed E-state index contributed by atoms with van der Waals surface area (Å²) in [6.45, 7) is 6.61. The minimum Gasteiger partial charge on any atom is -0.396 e. The number of hydrogen-bond acceptors (Lipinski definition) is 4. The van der Waals surface area contributed by atoms with Crippen molar-refractivity contribution in [2.24, 2.45) is 5.41 Å². The zero-order valence-corrected chi connectivity index (χ0v) is 10.7. The Balaban J connectivity index is 2.62. The van der Waals surface area contributed by atoms with Crippen LogP contribution < -0.4 is 0 Å². The van der Waals surface area contributed by atoms with E-state index in [1.54, 1.807) is 0 Å². The minimum absolute atomic E-state index is 0.0561. The summed E-state index contributed by atoms with van der Waals surface area (Å²) in [5.74, 6) is 0. The number of rotatable bonds is 5. The van der Waals surface area contributed by atoms with E-state index in [9.17, 15) is 10.2 Å². The topological polar surface area (TPSA) is 52.9 Å². The number of likely N-dealkylation sites (N-methyl/N-ethyl adjacent to an activating group) is 1. The summed E-state index contributed by atoms with van der Waals surface area (Å²) >= 11 is 0. The first kappa shape index (κ1) is 13.9. The SMILES string of the molecule is CN(CC1(CO)CCOCC1)C(C)(C)CO. The molecule has 1 aliphatic rings. The van der Waals surface area contributed by atoms with Crippen LogP contribution in [0.5, 0.6) is 0 Å². The lowest BCUT2D eigenvalue weighted by atomic mass is 9.79.